The number of hydrogen-bond acceptors (Lipinski definition) is 6. The fourth-order valence-corrected chi connectivity index (χ4v) is 1.32. The minimum absolute atomic E-state index is 0.0519. The van der Waals surface area contributed by atoms with E-state index in [0.717, 1.165) is 6.92 Å². The normalized spacial score (nSPS) is 13.5. The van der Waals surface area contributed by atoms with E-state index < -0.39 is 35.5 Å². The summed E-state index contributed by atoms with van der Waals surface area (Å²) in [6.07, 6.45) is -0.655. The van der Waals surface area contributed by atoms with E-state index in [1.807, 2.05) is 0 Å². The molecule has 2 N–H and O–H groups in total. The third-order valence-electron chi connectivity index (χ3n) is 2.13. The highest BCUT2D eigenvalue weighted by molar-refractivity contribution is 6.31. The van der Waals surface area contributed by atoms with E-state index >= 15 is 0 Å². The van der Waals surface area contributed by atoms with Gasteiger partial charge in [-0.05, 0) is 6.92 Å². The van der Waals surface area contributed by atoms with Gasteiger partial charge in [0.05, 0.1) is 21.1 Å². The second-order valence-corrected chi connectivity index (χ2v) is 5.45. The smallest absolute Gasteiger partial charge is 0.371 e. The zero-order chi connectivity index (χ0) is 16.7. The van der Waals surface area contributed by atoms with Gasteiger partial charge < -0.3 is 24.6 Å². The number of carboxylic acids is 2. The number of Topliss-reactive ketones (excluding diaryl/α,β-unsaturated/α-hetero) is 2. The molecular weight excluding hydrogens is 270 g/mol. The zero-order valence-corrected chi connectivity index (χ0v) is 12.3. The highest BCUT2D eigenvalue weighted by Crippen LogP contribution is 2.15. The molecule has 1 atom stereocenters. The van der Waals surface area contributed by atoms with Gasteiger partial charge in [-0.3, -0.25) is 9.59 Å². The van der Waals surface area contributed by atoms with E-state index in [4.69, 9.17) is 5.11 Å². The third-order valence-corrected chi connectivity index (χ3v) is 2.13. The van der Waals surface area contributed by atoms with E-state index in [1.165, 1.54) is 6.92 Å². The van der Waals surface area contributed by atoms with E-state index in [0.29, 0.717) is 4.48 Å². The predicted octanol–water partition coefficient (Wildman–Crippen LogP) is -2.19. The first kappa shape index (κ1) is 20.5. The van der Waals surface area contributed by atoms with Crippen molar-refractivity contribution < 1.29 is 39.0 Å². The summed E-state index contributed by atoms with van der Waals surface area (Å²) in [6.45, 7) is 2.23. The molecule has 0 aromatic rings. The van der Waals surface area contributed by atoms with Gasteiger partial charge in [0.2, 0.25) is 5.78 Å². The molecule has 0 saturated carbocycles. The van der Waals surface area contributed by atoms with Gasteiger partial charge in [0.15, 0.2) is 11.4 Å². The van der Waals surface area contributed by atoms with E-state index in [9.17, 15) is 29.4 Å². The van der Waals surface area contributed by atoms with Crippen LogP contribution in [0.1, 0.15) is 20.3 Å². The van der Waals surface area contributed by atoms with Crippen molar-refractivity contribution in [1.29, 1.82) is 0 Å². The number of carbonyl (C=O) groups excluding carboxylic acids is 3. The van der Waals surface area contributed by atoms with E-state index in [1.54, 1.807) is 21.1 Å². The molecule has 8 nitrogen and oxygen atoms in total. The summed E-state index contributed by atoms with van der Waals surface area (Å²) >= 11 is 0. The Labute approximate surface area is 117 Å². The number of likely N-dealkylation sites (N-methyl/N-ethyl adjacent to an activating group) is 1. The van der Waals surface area contributed by atoms with Crippen LogP contribution in [0.3, 0.4) is 0 Å². The van der Waals surface area contributed by atoms with Crippen LogP contribution in [0, 0.1) is 0 Å². The Hall–Kier alpha value is -1.80. The molecule has 0 radical (unpaired) electrons. The molecule has 20 heavy (non-hydrogen) atoms. The largest absolute Gasteiger partial charge is 0.550 e. The molecule has 0 amide bonds. The van der Waals surface area contributed by atoms with Crippen LogP contribution in [-0.4, -0.2) is 71.5 Å². The van der Waals surface area contributed by atoms with Crippen molar-refractivity contribution in [2.75, 3.05) is 27.7 Å². The third kappa shape index (κ3) is 10.2. The number of aliphatic carboxylic acids is 2. The minimum Gasteiger partial charge on any atom is -0.550 e. The lowest BCUT2D eigenvalue weighted by atomic mass is 9.94. The summed E-state index contributed by atoms with van der Waals surface area (Å²) in [6, 6.07) is 0. The molecule has 0 unspecified atom stereocenters. The standard InChI is InChI=1S/C9H17NO4.C3H4O3/c1-7(11)9(14,5-8(12)13)6-10(2,3)4;1-2(4)3(5)6/h14H,5-6H2,1-4H3;1H3,(H,5,6)/t9-;/m1./s1. The van der Waals surface area contributed by atoms with E-state index in [-0.39, 0.29) is 6.54 Å². The average Bonchev–Trinajstić information content (AvgIpc) is 2.13. The van der Waals surface area contributed by atoms with Gasteiger partial charge in [0.25, 0.3) is 0 Å². The fourth-order valence-electron chi connectivity index (χ4n) is 1.32. The lowest BCUT2D eigenvalue weighted by molar-refractivity contribution is -0.875. The van der Waals surface area contributed by atoms with Crippen molar-refractivity contribution in [2.45, 2.75) is 25.9 Å². The number of nitrogens with zero attached hydrogens (tertiary/aromatic N) is 1. The van der Waals surface area contributed by atoms with Gasteiger partial charge in [0.1, 0.15) is 6.54 Å². The number of carbonyl (C=O) groups is 4. The quantitative estimate of drug-likeness (QED) is 0.419. The molecule has 0 aromatic heterocycles. The number of rotatable bonds is 6. The van der Waals surface area contributed by atoms with Crippen LogP contribution in [-0.2, 0) is 19.2 Å². The molecule has 0 saturated heterocycles. The summed E-state index contributed by atoms with van der Waals surface area (Å²) < 4.78 is 0.309. The van der Waals surface area contributed by atoms with Crippen LogP contribution < -0.4 is 5.11 Å². The van der Waals surface area contributed by atoms with Crippen molar-refractivity contribution in [2.24, 2.45) is 0 Å². The number of hydrogen-bond donors (Lipinski definition) is 2. The molecule has 0 aliphatic heterocycles. The lowest BCUT2D eigenvalue weighted by Crippen LogP contribution is -2.55. The maximum atomic E-state index is 11.1. The van der Waals surface area contributed by atoms with Crippen molar-refractivity contribution >= 4 is 23.5 Å². The first-order valence-corrected chi connectivity index (χ1v) is 5.69. The molecular formula is C12H21NO7. The molecule has 0 spiro atoms. The first-order valence-electron chi connectivity index (χ1n) is 5.69. The van der Waals surface area contributed by atoms with Crippen LogP contribution >= 0.6 is 0 Å². The van der Waals surface area contributed by atoms with Crippen LogP contribution in [0.15, 0.2) is 0 Å². The number of quaternary nitrogens is 1. The Kier molecular flexibility index (Phi) is 7.91. The van der Waals surface area contributed by atoms with Crippen molar-refractivity contribution in [3.05, 3.63) is 0 Å². The number of ketones is 2. The predicted molar refractivity (Wildman–Crippen MR) is 66.5 cm³/mol. The van der Waals surface area contributed by atoms with Gasteiger partial charge in [-0.1, -0.05) is 0 Å². The summed E-state index contributed by atoms with van der Waals surface area (Å²) in [5, 5.41) is 27.8. The Morgan fingerprint density at radius 2 is 1.45 bits per heavy atom. The second-order valence-electron chi connectivity index (χ2n) is 5.45. The summed E-state index contributed by atoms with van der Waals surface area (Å²) in [4.78, 5) is 40.4. The SMILES string of the molecule is CC(=O)C(=O)O.CC(=O)[C@@](O)(CC(=O)[O-])C[N+](C)(C)C. The van der Waals surface area contributed by atoms with Crippen LogP contribution in [0.5, 0.6) is 0 Å². The second kappa shape index (κ2) is 7.71. The molecule has 0 aliphatic rings. The lowest BCUT2D eigenvalue weighted by Gasteiger charge is -2.34. The zero-order valence-electron chi connectivity index (χ0n) is 12.3. The summed E-state index contributed by atoms with van der Waals surface area (Å²) in [5.41, 5.74) is -1.82. The van der Waals surface area contributed by atoms with Gasteiger partial charge in [-0.2, -0.15) is 0 Å². The highest BCUT2D eigenvalue weighted by Gasteiger charge is 2.38. The van der Waals surface area contributed by atoms with Gasteiger partial charge >= 0.3 is 5.97 Å². The van der Waals surface area contributed by atoms with Gasteiger partial charge in [-0.15, -0.1) is 0 Å². The van der Waals surface area contributed by atoms with Crippen molar-refractivity contribution in [1.82, 2.24) is 0 Å². The Morgan fingerprint density at radius 1 is 1.10 bits per heavy atom. The first-order chi connectivity index (χ1) is 8.71. The Balaban J connectivity index is 0. The molecule has 0 aromatic carbocycles. The Bertz CT molecular complexity index is 385. The van der Waals surface area contributed by atoms with Crippen LogP contribution in [0.4, 0.5) is 0 Å². The number of aliphatic hydroxyl groups is 1. The molecule has 0 rings (SSSR count). The molecule has 116 valence electrons. The molecule has 0 heterocycles. The minimum atomic E-state index is -1.82. The topological polar surface area (TPSA) is 132 Å². The molecule has 0 bridgehead atoms. The van der Waals surface area contributed by atoms with Crippen molar-refractivity contribution in [3.8, 4) is 0 Å². The molecule has 8 heteroatoms. The maximum absolute atomic E-state index is 11.1. The van der Waals surface area contributed by atoms with Gasteiger partial charge in [0, 0.05) is 19.3 Å². The molecule has 0 aliphatic carbocycles. The van der Waals surface area contributed by atoms with E-state index in [2.05, 4.69) is 0 Å². The van der Waals surface area contributed by atoms with Crippen LogP contribution in [0.2, 0.25) is 0 Å². The van der Waals surface area contributed by atoms with Gasteiger partial charge in [-0.25, -0.2) is 4.79 Å². The number of carboxylic acid groups (broad SMARTS) is 2. The van der Waals surface area contributed by atoms with Crippen molar-refractivity contribution in [3.63, 3.8) is 0 Å². The Morgan fingerprint density at radius 3 is 1.60 bits per heavy atom. The fraction of sp³-hybridized carbons (Fsp3) is 0.667. The highest BCUT2D eigenvalue weighted by atomic mass is 16.4. The average molecular weight is 291 g/mol. The monoisotopic (exact) mass is 291 g/mol. The van der Waals surface area contributed by atoms with Crippen LogP contribution in [0.25, 0.3) is 0 Å². The molecule has 0 fully saturated rings. The summed E-state index contributed by atoms with van der Waals surface area (Å²) in [7, 11) is 5.30. The maximum Gasteiger partial charge on any atom is 0.371 e. The summed E-state index contributed by atoms with van der Waals surface area (Å²) in [5.74, 6) is -4.17.